The molecule has 0 spiro atoms. The van der Waals surface area contributed by atoms with Gasteiger partial charge < -0.3 is 0 Å². The third-order valence-corrected chi connectivity index (χ3v) is 4.98. The second kappa shape index (κ2) is 5.08. The lowest BCUT2D eigenvalue weighted by Gasteiger charge is -2.18. The fourth-order valence-electron chi connectivity index (χ4n) is 2.92. The van der Waals surface area contributed by atoms with Crippen LogP contribution in [0, 0.1) is 0 Å². The highest BCUT2D eigenvalue weighted by Gasteiger charge is 2.24. The number of aryl methyl sites for hydroxylation is 1. The Labute approximate surface area is 128 Å². The fourth-order valence-corrected chi connectivity index (χ4v) is 3.96. The van der Waals surface area contributed by atoms with Gasteiger partial charge in [0.25, 0.3) is 0 Å². The molecule has 2 nitrogen and oxygen atoms in total. The van der Waals surface area contributed by atoms with Gasteiger partial charge in [-0.25, -0.2) is 4.68 Å². The first-order valence-corrected chi connectivity index (χ1v) is 8.25. The molecule has 0 fully saturated rings. The molecule has 0 amide bonds. The molecule has 1 aliphatic heterocycles. The van der Waals surface area contributed by atoms with Crippen molar-refractivity contribution in [2.24, 2.45) is 0 Å². The number of nitrogens with zero attached hydrogens (tertiary/aromatic N) is 2. The lowest BCUT2D eigenvalue weighted by atomic mass is 10.0. The number of fused-ring (bicyclic) bond motifs is 3. The lowest BCUT2D eigenvalue weighted by molar-refractivity contribution is 0.793. The van der Waals surface area contributed by atoms with Crippen molar-refractivity contribution in [3.05, 3.63) is 66.0 Å². The highest BCUT2D eigenvalue weighted by Crippen LogP contribution is 2.40. The average Bonchev–Trinajstić information content (AvgIpc) is 2.94. The van der Waals surface area contributed by atoms with Crippen molar-refractivity contribution in [2.45, 2.75) is 24.0 Å². The molecular weight excluding hydrogens is 276 g/mol. The molecule has 0 radical (unpaired) electrons. The fraction of sp³-hybridized carbons (Fsp3) is 0.167. The summed E-state index contributed by atoms with van der Waals surface area (Å²) in [6, 6.07) is 19.2. The Balaban J connectivity index is 1.97. The van der Waals surface area contributed by atoms with Crippen molar-refractivity contribution in [2.75, 3.05) is 0 Å². The summed E-state index contributed by atoms with van der Waals surface area (Å²) in [4.78, 5) is 1.31. The molecule has 0 aliphatic carbocycles. The number of thioether (sulfide) groups is 1. The Morgan fingerprint density at radius 3 is 2.62 bits per heavy atom. The minimum Gasteiger partial charge on any atom is -0.235 e. The summed E-state index contributed by atoms with van der Waals surface area (Å²) in [6.07, 6.45) is 0.955. The normalized spacial score (nSPS) is 12.8. The zero-order chi connectivity index (χ0) is 14.2. The molecular formula is C18H16N2S. The third kappa shape index (κ3) is 2.00. The van der Waals surface area contributed by atoms with Crippen LogP contribution < -0.4 is 0 Å². The molecule has 3 heteroatoms. The van der Waals surface area contributed by atoms with E-state index in [9.17, 15) is 0 Å². The zero-order valence-corrected chi connectivity index (χ0v) is 12.7. The van der Waals surface area contributed by atoms with Crippen molar-refractivity contribution >= 4 is 11.8 Å². The van der Waals surface area contributed by atoms with Crippen LogP contribution in [0.1, 0.15) is 18.3 Å². The van der Waals surface area contributed by atoms with Crippen LogP contribution in [0.2, 0.25) is 0 Å². The smallest absolute Gasteiger partial charge is 0.0785 e. The van der Waals surface area contributed by atoms with Gasteiger partial charge in [-0.05, 0) is 24.1 Å². The van der Waals surface area contributed by atoms with Crippen LogP contribution in [0.3, 0.4) is 0 Å². The van der Waals surface area contributed by atoms with E-state index in [2.05, 4.69) is 66.2 Å². The molecule has 1 aliphatic rings. The van der Waals surface area contributed by atoms with Crippen LogP contribution in [0.4, 0.5) is 0 Å². The first-order valence-electron chi connectivity index (χ1n) is 7.27. The van der Waals surface area contributed by atoms with Crippen LogP contribution in [-0.4, -0.2) is 9.78 Å². The van der Waals surface area contributed by atoms with Gasteiger partial charge in [-0.2, -0.15) is 5.10 Å². The minimum atomic E-state index is 0.955. The van der Waals surface area contributed by atoms with Gasteiger partial charge in [-0.1, -0.05) is 49.4 Å². The molecule has 0 saturated carbocycles. The van der Waals surface area contributed by atoms with Gasteiger partial charge in [-0.3, -0.25) is 0 Å². The standard InChI is InChI=1S/C18H16N2S/c1-2-14-18(13-8-4-3-5-9-13)16-12-21-17-11-7-6-10-15(17)20(16)19-14/h3-11H,2,12H2,1H3. The van der Waals surface area contributed by atoms with E-state index in [1.807, 2.05) is 11.8 Å². The molecule has 3 aromatic rings. The summed E-state index contributed by atoms with van der Waals surface area (Å²) in [7, 11) is 0. The first-order chi connectivity index (χ1) is 10.4. The van der Waals surface area contributed by atoms with Crippen molar-refractivity contribution < 1.29 is 0 Å². The Hall–Kier alpha value is -2.00. The molecule has 0 atom stereocenters. The van der Waals surface area contributed by atoms with Gasteiger partial charge in [0.05, 0.1) is 17.1 Å². The zero-order valence-electron chi connectivity index (χ0n) is 11.9. The average molecular weight is 292 g/mol. The number of benzene rings is 2. The van der Waals surface area contributed by atoms with Crippen molar-refractivity contribution in [3.63, 3.8) is 0 Å². The summed E-state index contributed by atoms with van der Waals surface area (Å²) in [6.45, 7) is 2.18. The predicted molar refractivity (Wildman–Crippen MR) is 87.9 cm³/mol. The predicted octanol–water partition coefficient (Wildman–Crippen LogP) is 4.71. The van der Waals surface area contributed by atoms with Crippen LogP contribution in [0.15, 0.2) is 59.5 Å². The van der Waals surface area contributed by atoms with Gasteiger partial charge >= 0.3 is 0 Å². The molecule has 21 heavy (non-hydrogen) atoms. The number of para-hydroxylation sites is 1. The van der Waals surface area contributed by atoms with Gasteiger partial charge in [0.1, 0.15) is 0 Å². The van der Waals surface area contributed by atoms with Crippen LogP contribution >= 0.6 is 11.8 Å². The van der Waals surface area contributed by atoms with Gasteiger partial charge in [-0.15, -0.1) is 11.8 Å². The molecule has 4 rings (SSSR count). The van der Waals surface area contributed by atoms with E-state index in [4.69, 9.17) is 5.10 Å². The first kappa shape index (κ1) is 12.7. The SMILES string of the molecule is CCc1nn2c(c1-c1ccccc1)CSc1ccccc1-2. The summed E-state index contributed by atoms with van der Waals surface area (Å²) in [5, 5.41) is 4.89. The maximum absolute atomic E-state index is 4.89. The van der Waals surface area contributed by atoms with E-state index in [-0.39, 0.29) is 0 Å². The second-order valence-electron chi connectivity index (χ2n) is 5.16. The van der Waals surface area contributed by atoms with Gasteiger partial charge in [0.15, 0.2) is 0 Å². The van der Waals surface area contributed by atoms with E-state index >= 15 is 0 Å². The van der Waals surface area contributed by atoms with Gasteiger partial charge in [0.2, 0.25) is 0 Å². The van der Waals surface area contributed by atoms with Crippen LogP contribution in [-0.2, 0) is 12.2 Å². The van der Waals surface area contributed by atoms with Crippen molar-refractivity contribution in [3.8, 4) is 16.8 Å². The van der Waals surface area contributed by atoms with E-state index in [1.54, 1.807) is 0 Å². The van der Waals surface area contributed by atoms with E-state index in [0.717, 1.165) is 12.2 Å². The highest BCUT2D eigenvalue weighted by atomic mass is 32.2. The van der Waals surface area contributed by atoms with Crippen molar-refractivity contribution in [1.29, 1.82) is 0 Å². The number of rotatable bonds is 2. The summed E-state index contributed by atoms with van der Waals surface area (Å²) in [5.41, 5.74) is 6.31. The third-order valence-electron chi connectivity index (χ3n) is 3.91. The topological polar surface area (TPSA) is 17.8 Å². The monoisotopic (exact) mass is 292 g/mol. The number of hydrogen-bond acceptors (Lipinski definition) is 2. The minimum absolute atomic E-state index is 0.955. The Morgan fingerprint density at radius 2 is 1.81 bits per heavy atom. The largest absolute Gasteiger partial charge is 0.235 e. The highest BCUT2D eigenvalue weighted by molar-refractivity contribution is 7.98. The molecule has 1 aromatic heterocycles. The Morgan fingerprint density at radius 1 is 1.05 bits per heavy atom. The maximum Gasteiger partial charge on any atom is 0.0785 e. The van der Waals surface area contributed by atoms with Crippen molar-refractivity contribution in [1.82, 2.24) is 9.78 Å². The Bertz CT molecular complexity index is 790. The molecule has 0 unspecified atom stereocenters. The summed E-state index contributed by atoms with van der Waals surface area (Å²) in [5.74, 6) is 0.980. The molecule has 104 valence electrons. The second-order valence-corrected chi connectivity index (χ2v) is 6.17. The molecule has 0 N–H and O–H groups in total. The number of aromatic nitrogens is 2. The maximum atomic E-state index is 4.89. The summed E-state index contributed by atoms with van der Waals surface area (Å²) < 4.78 is 2.15. The quantitative estimate of drug-likeness (QED) is 0.681. The summed E-state index contributed by atoms with van der Waals surface area (Å²) >= 11 is 1.90. The molecule has 0 bridgehead atoms. The van der Waals surface area contributed by atoms with E-state index < -0.39 is 0 Å². The van der Waals surface area contributed by atoms with Gasteiger partial charge in [0, 0.05) is 16.2 Å². The molecule has 0 saturated heterocycles. The molecule has 2 heterocycles. The van der Waals surface area contributed by atoms with Crippen LogP contribution in [0.25, 0.3) is 16.8 Å². The van der Waals surface area contributed by atoms with E-state index in [1.165, 1.54) is 33.1 Å². The van der Waals surface area contributed by atoms with E-state index in [0.29, 0.717) is 0 Å². The number of hydrogen-bond donors (Lipinski definition) is 0. The molecule has 2 aromatic carbocycles. The van der Waals surface area contributed by atoms with Crippen LogP contribution in [0.5, 0.6) is 0 Å². The lowest BCUT2D eigenvalue weighted by Crippen LogP contribution is -2.07. The Kier molecular flexibility index (Phi) is 3.08.